The van der Waals surface area contributed by atoms with Crippen LogP contribution in [0.15, 0.2) is 6.07 Å². The van der Waals surface area contributed by atoms with Crippen molar-refractivity contribution in [2.75, 3.05) is 18.1 Å². The molecule has 2 rings (SSSR count). The Morgan fingerprint density at radius 2 is 2.06 bits per heavy atom. The first-order valence-corrected chi connectivity index (χ1v) is 7.79. The minimum Gasteiger partial charge on any atom is -0.369 e. The van der Waals surface area contributed by atoms with Crippen molar-refractivity contribution < 1.29 is 0 Å². The summed E-state index contributed by atoms with van der Waals surface area (Å²) >= 11 is 7.99. The van der Waals surface area contributed by atoms with Crippen LogP contribution in [0.3, 0.4) is 0 Å². The van der Waals surface area contributed by atoms with Crippen molar-refractivity contribution in [2.45, 2.75) is 43.8 Å². The fourth-order valence-corrected chi connectivity index (χ4v) is 2.60. The third-order valence-corrected chi connectivity index (χ3v) is 4.81. The van der Waals surface area contributed by atoms with Gasteiger partial charge in [0, 0.05) is 22.8 Å². The number of anilines is 1. The van der Waals surface area contributed by atoms with Crippen molar-refractivity contribution >= 4 is 29.2 Å². The summed E-state index contributed by atoms with van der Waals surface area (Å²) in [5.41, 5.74) is -0.0852. The molecule has 1 N–H and O–H groups in total. The minimum absolute atomic E-state index is 0.0852. The summed E-state index contributed by atoms with van der Waals surface area (Å²) in [4.78, 5) is 8.85. The predicted molar refractivity (Wildman–Crippen MR) is 79.7 cm³/mol. The molecule has 1 saturated carbocycles. The Morgan fingerprint density at radius 1 is 1.39 bits per heavy atom. The Bertz CT molecular complexity index is 438. The fraction of sp³-hybridized carbons (Fsp3) is 0.692. The Morgan fingerprint density at radius 3 is 2.56 bits per heavy atom. The van der Waals surface area contributed by atoms with Crippen molar-refractivity contribution in [3.63, 3.8) is 0 Å². The summed E-state index contributed by atoms with van der Waals surface area (Å²) in [6.07, 6.45) is 4.74. The molecule has 1 heterocycles. The van der Waals surface area contributed by atoms with Crippen LogP contribution >= 0.6 is 23.4 Å². The Kier molecular flexibility index (Phi) is 3.79. The van der Waals surface area contributed by atoms with Crippen LogP contribution in [0.2, 0.25) is 5.15 Å². The van der Waals surface area contributed by atoms with E-state index in [1.807, 2.05) is 11.8 Å². The number of nitrogens with zero attached hydrogens (tertiary/aromatic N) is 2. The van der Waals surface area contributed by atoms with Gasteiger partial charge in [0.2, 0.25) is 0 Å². The van der Waals surface area contributed by atoms with Crippen LogP contribution in [0.25, 0.3) is 0 Å². The van der Waals surface area contributed by atoms with Crippen LogP contribution in [0.4, 0.5) is 5.82 Å². The molecule has 0 aliphatic heterocycles. The largest absolute Gasteiger partial charge is 0.369 e. The van der Waals surface area contributed by atoms with Crippen LogP contribution in [0.5, 0.6) is 0 Å². The fourth-order valence-electron chi connectivity index (χ4n) is 1.69. The molecule has 1 aromatic heterocycles. The van der Waals surface area contributed by atoms with E-state index >= 15 is 0 Å². The van der Waals surface area contributed by atoms with Crippen LogP contribution in [0, 0.1) is 0 Å². The third kappa shape index (κ3) is 3.29. The second-order valence-electron chi connectivity index (χ2n) is 5.89. The first kappa shape index (κ1) is 13.9. The standard InChI is InChI=1S/C13H20ClN3S/c1-12(2,3)11-16-9(14)7-10(17-11)15-8-13(18-4)5-6-13/h7H,5-6,8H2,1-4H3,(H,15,16,17). The zero-order chi connectivity index (χ0) is 13.4. The predicted octanol–water partition coefficient (Wildman–Crippen LogP) is 3.74. The smallest absolute Gasteiger partial charge is 0.137 e. The Hall–Kier alpha value is -0.480. The van der Waals surface area contributed by atoms with E-state index in [2.05, 4.69) is 42.3 Å². The first-order valence-electron chi connectivity index (χ1n) is 6.19. The quantitative estimate of drug-likeness (QED) is 0.856. The molecule has 3 nitrogen and oxygen atoms in total. The van der Waals surface area contributed by atoms with E-state index < -0.39 is 0 Å². The van der Waals surface area contributed by atoms with Gasteiger partial charge in [-0.15, -0.1) is 0 Å². The lowest BCUT2D eigenvalue weighted by molar-refractivity contribution is 0.546. The molecule has 0 bridgehead atoms. The van der Waals surface area contributed by atoms with Gasteiger partial charge < -0.3 is 5.32 Å². The molecule has 100 valence electrons. The highest BCUT2D eigenvalue weighted by Gasteiger charge is 2.41. The zero-order valence-electron chi connectivity index (χ0n) is 11.4. The summed E-state index contributed by atoms with van der Waals surface area (Å²) in [5, 5.41) is 3.90. The van der Waals surface area contributed by atoms with Gasteiger partial charge in [-0.1, -0.05) is 32.4 Å². The molecule has 5 heteroatoms. The molecule has 0 atom stereocenters. The molecule has 0 unspecified atom stereocenters. The lowest BCUT2D eigenvalue weighted by atomic mass is 9.96. The summed E-state index contributed by atoms with van der Waals surface area (Å²) in [6.45, 7) is 7.22. The monoisotopic (exact) mass is 285 g/mol. The molecule has 0 amide bonds. The number of rotatable bonds is 4. The van der Waals surface area contributed by atoms with Crippen molar-refractivity contribution in [3.05, 3.63) is 17.0 Å². The van der Waals surface area contributed by atoms with Crippen molar-refractivity contribution in [1.82, 2.24) is 9.97 Å². The maximum Gasteiger partial charge on any atom is 0.137 e. The molecule has 1 aliphatic carbocycles. The third-order valence-electron chi connectivity index (χ3n) is 3.20. The van der Waals surface area contributed by atoms with Crippen molar-refractivity contribution in [3.8, 4) is 0 Å². The van der Waals surface area contributed by atoms with Gasteiger partial charge in [0.25, 0.3) is 0 Å². The minimum atomic E-state index is -0.0852. The zero-order valence-corrected chi connectivity index (χ0v) is 13.0. The summed E-state index contributed by atoms with van der Waals surface area (Å²) in [6, 6.07) is 1.80. The highest BCUT2D eigenvalue weighted by Crippen LogP contribution is 2.47. The number of halogens is 1. The van der Waals surface area contributed by atoms with E-state index in [4.69, 9.17) is 11.6 Å². The lowest BCUT2D eigenvalue weighted by Gasteiger charge is -2.19. The Balaban J connectivity index is 2.11. The molecular formula is C13H20ClN3S. The van der Waals surface area contributed by atoms with E-state index in [0.29, 0.717) is 9.90 Å². The van der Waals surface area contributed by atoms with Gasteiger partial charge in [-0.3, -0.25) is 0 Å². The molecule has 0 spiro atoms. The maximum atomic E-state index is 6.06. The van der Waals surface area contributed by atoms with Crippen molar-refractivity contribution in [2.24, 2.45) is 0 Å². The molecule has 1 fully saturated rings. The number of hydrogen-bond donors (Lipinski definition) is 1. The van der Waals surface area contributed by atoms with E-state index in [0.717, 1.165) is 18.2 Å². The second kappa shape index (κ2) is 4.89. The highest BCUT2D eigenvalue weighted by atomic mass is 35.5. The van der Waals surface area contributed by atoms with Gasteiger partial charge in [0.05, 0.1) is 0 Å². The van der Waals surface area contributed by atoms with Crippen LogP contribution in [-0.2, 0) is 5.41 Å². The molecule has 1 aromatic rings. The molecule has 1 aliphatic rings. The topological polar surface area (TPSA) is 37.8 Å². The van der Waals surface area contributed by atoms with Gasteiger partial charge in [-0.2, -0.15) is 11.8 Å². The number of nitrogens with one attached hydrogen (secondary N) is 1. The normalized spacial score (nSPS) is 17.6. The molecule has 0 aromatic carbocycles. The molecule has 0 radical (unpaired) electrons. The SMILES string of the molecule is CSC1(CNc2cc(Cl)nc(C(C)(C)C)n2)CC1. The second-order valence-corrected chi connectivity index (χ2v) is 7.55. The van der Waals surface area contributed by atoms with Crippen LogP contribution in [0.1, 0.15) is 39.4 Å². The number of thioether (sulfide) groups is 1. The van der Waals surface area contributed by atoms with Gasteiger partial charge in [-0.05, 0) is 19.1 Å². The van der Waals surface area contributed by atoms with E-state index in [-0.39, 0.29) is 5.41 Å². The van der Waals surface area contributed by atoms with Crippen molar-refractivity contribution in [1.29, 1.82) is 0 Å². The van der Waals surface area contributed by atoms with Gasteiger partial charge in [-0.25, -0.2) is 9.97 Å². The van der Waals surface area contributed by atoms with Gasteiger partial charge >= 0.3 is 0 Å². The van der Waals surface area contributed by atoms with Gasteiger partial charge in [0.1, 0.15) is 16.8 Å². The Labute approximate surface area is 118 Å². The average Bonchev–Trinajstić information content (AvgIpc) is 3.05. The van der Waals surface area contributed by atoms with E-state index in [9.17, 15) is 0 Å². The summed E-state index contributed by atoms with van der Waals surface area (Å²) < 4.78 is 0.416. The molecule has 18 heavy (non-hydrogen) atoms. The van der Waals surface area contributed by atoms with Crippen LogP contribution < -0.4 is 5.32 Å². The van der Waals surface area contributed by atoms with Gasteiger partial charge in [0.15, 0.2) is 0 Å². The molecule has 0 saturated heterocycles. The van der Waals surface area contributed by atoms with E-state index in [1.54, 1.807) is 6.07 Å². The lowest BCUT2D eigenvalue weighted by Crippen LogP contribution is -2.21. The first-order chi connectivity index (χ1) is 8.35. The average molecular weight is 286 g/mol. The van der Waals surface area contributed by atoms with Crippen LogP contribution in [-0.4, -0.2) is 27.5 Å². The molecular weight excluding hydrogens is 266 g/mol. The van der Waals surface area contributed by atoms with E-state index in [1.165, 1.54) is 12.8 Å². The highest BCUT2D eigenvalue weighted by molar-refractivity contribution is 8.00. The maximum absolute atomic E-state index is 6.06. The number of hydrogen-bond acceptors (Lipinski definition) is 4. The summed E-state index contributed by atoms with van der Waals surface area (Å²) in [5.74, 6) is 1.62. The number of aromatic nitrogens is 2. The summed E-state index contributed by atoms with van der Waals surface area (Å²) in [7, 11) is 0.